The molecule has 0 amide bonds. The number of aliphatic hydroxyl groups excluding tert-OH is 3. The molecule has 6 heteroatoms. The van der Waals surface area contributed by atoms with E-state index in [1.807, 2.05) is 12.2 Å². The monoisotopic (exact) mass is 394 g/mol. The Morgan fingerprint density at radius 3 is 2.57 bits per heavy atom. The van der Waals surface area contributed by atoms with Crippen LogP contribution in [0.1, 0.15) is 51.9 Å². The van der Waals surface area contributed by atoms with Gasteiger partial charge in [0.2, 0.25) is 0 Å². The van der Waals surface area contributed by atoms with Crippen molar-refractivity contribution in [2.24, 2.45) is 0 Å². The van der Waals surface area contributed by atoms with Crippen LogP contribution in [0.2, 0.25) is 0 Å². The van der Waals surface area contributed by atoms with Crippen molar-refractivity contribution in [2.75, 3.05) is 0 Å². The van der Waals surface area contributed by atoms with E-state index in [0.717, 1.165) is 12.8 Å². The minimum Gasteiger partial charge on any atom is -0.481 e. The first-order chi connectivity index (χ1) is 13.4. The van der Waals surface area contributed by atoms with Crippen LogP contribution in [-0.4, -0.2) is 56.9 Å². The Morgan fingerprint density at radius 1 is 1.11 bits per heavy atom. The van der Waals surface area contributed by atoms with Crippen molar-refractivity contribution in [1.82, 2.24) is 0 Å². The third kappa shape index (κ3) is 10.6. The molecule has 158 valence electrons. The van der Waals surface area contributed by atoms with Gasteiger partial charge in [-0.1, -0.05) is 55.5 Å². The van der Waals surface area contributed by atoms with E-state index in [1.165, 1.54) is 6.08 Å². The maximum absolute atomic E-state index is 10.5. The largest absolute Gasteiger partial charge is 0.481 e. The van der Waals surface area contributed by atoms with E-state index in [2.05, 4.69) is 19.1 Å². The van der Waals surface area contributed by atoms with Gasteiger partial charge in [0.05, 0.1) is 30.5 Å². The first-order valence-electron chi connectivity index (χ1n) is 9.98. The number of ether oxygens (including phenoxy) is 1. The second kappa shape index (κ2) is 14.3. The highest BCUT2D eigenvalue weighted by molar-refractivity contribution is 5.66. The summed E-state index contributed by atoms with van der Waals surface area (Å²) in [7, 11) is 0. The number of carboxylic acids is 1. The summed E-state index contributed by atoms with van der Waals surface area (Å²) in [5.41, 5.74) is 0. The maximum Gasteiger partial charge on any atom is 0.303 e. The van der Waals surface area contributed by atoms with Crippen LogP contribution in [0.3, 0.4) is 0 Å². The van der Waals surface area contributed by atoms with Gasteiger partial charge in [-0.05, 0) is 32.1 Å². The number of hydrogen-bond acceptors (Lipinski definition) is 5. The Hall–Kier alpha value is -1.73. The van der Waals surface area contributed by atoms with Crippen LogP contribution in [0.4, 0.5) is 0 Å². The van der Waals surface area contributed by atoms with Gasteiger partial charge in [-0.3, -0.25) is 4.79 Å². The van der Waals surface area contributed by atoms with Crippen molar-refractivity contribution in [3.8, 4) is 0 Å². The van der Waals surface area contributed by atoms with Crippen LogP contribution in [0.25, 0.3) is 0 Å². The molecule has 1 fully saturated rings. The molecule has 1 aliphatic heterocycles. The average molecular weight is 395 g/mol. The van der Waals surface area contributed by atoms with Crippen LogP contribution in [0, 0.1) is 0 Å². The van der Waals surface area contributed by atoms with E-state index in [0.29, 0.717) is 25.7 Å². The van der Waals surface area contributed by atoms with Crippen molar-refractivity contribution in [1.29, 1.82) is 0 Å². The van der Waals surface area contributed by atoms with Gasteiger partial charge in [0, 0.05) is 12.8 Å². The average Bonchev–Trinajstić information content (AvgIpc) is 3.03. The van der Waals surface area contributed by atoms with E-state index in [9.17, 15) is 20.1 Å². The zero-order valence-electron chi connectivity index (χ0n) is 16.6. The normalized spacial score (nSPS) is 25.5. The molecule has 1 heterocycles. The fourth-order valence-corrected chi connectivity index (χ4v) is 2.87. The molecule has 0 aromatic rings. The predicted octanol–water partition coefficient (Wildman–Crippen LogP) is 2.90. The van der Waals surface area contributed by atoms with Crippen molar-refractivity contribution in [3.05, 3.63) is 48.6 Å². The lowest BCUT2D eigenvalue weighted by Gasteiger charge is -2.16. The zero-order chi connectivity index (χ0) is 20.8. The minimum atomic E-state index is -0.901. The van der Waals surface area contributed by atoms with Gasteiger partial charge in [-0.15, -0.1) is 0 Å². The van der Waals surface area contributed by atoms with Crippen molar-refractivity contribution < 1.29 is 30.0 Å². The van der Waals surface area contributed by atoms with Gasteiger partial charge < -0.3 is 25.2 Å². The second-order valence-electron chi connectivity index (χ2n) is 6.92. The van der Waals surface area contributed by atoms with Gasteiger partial charge in [-0.2, -0.15) is 0 Å². The zero-order valence-corrected chi connectivity index (χ0v) is 16.6. The fraction of sp³-hybridized carbons (Fsp3) is 0.591. The SMILES string of the molecule is CC/C=C\C/C=C\CC(O)/C=C/C(O)C1CC(O)C(C/C=C\CCC(=O)O)O1. The van der Waals surface area contributed by atoms with Gasteiger partial charge in [0.15, 0.2) is 0 Å². The van der Waals surface area contributed by atoms with Crippen molar-refractivity contribution >= 4 is 5.97 Å². The molecule has 1 rings (SSSR count). The van der Waals surface area contributed by atoms with E-state index in [1.54, 1.807) is 18.2 Å². The molecule has 5 atom stereocenters. The molecular formula is C22H34O6. The lowest BCUT2D eigenvalue weighted by molar-refractivity contribution is -0.136. The summed E-state index contributed by atoms with van der Waals surface area (Å²) in [5, 5.41) is 38.8. The number of carboxylic acid groups (broad SMARTS) is 1. The number of aliphatic carboxylic acids is 1. The standard InChI is InChI=1S/C22H34O6/c1-2-3-4-5-6-8-11-17(23)14-15-18(24)21-16-19(25)20(28-21)12-9-7-10-13-22(26)27/h3-4,6-9,14-15,17-21,23-25H,2,5,10-13,16H2,1H3,(H,26,27)/b4-3-,8-6-,9-7-,15-14+. The lowest BCUT2D eigenvalue weighted by Crippen LogP contribution is -2.24. The Labute approximate surface area is 167 Å². The summed E-state index contributed by atoms with van der Waals surface area (Å²) < 4.78 is 5.71. The Balaban J connectivity index is 2.33. The van der Waals surface area contributed by atoms with E-state index in [-0.39, 0.29) is 6.42 Å². The molecule has 28 heavy (non-hydrogen) atoms. The number of rotatable bonds is 13. The van der Waals surface area contributed by atoms with Crippen LogP contribution in [0.15, 0.2) is 48.6 Å². The van der Waals surface area contributed by atoms with Crippen molar-refractivity contribution in [2.45, 2.75) is 82.4 Å². The quantitative estimate of drug-likeness (QED) is 0.358. The van der Waals surface area contributed by atoms with Crippen LogP contribution >= 0.6 is 0 Å². The first-order valence-corrected chi connectivity index (χ1v) is 9.98. The lowest BCUT2D eigenvalue weighted by atomic mass is 10.0. The summed E-state index contributed by atoms with van der Waals surface area (Å²) in [5.74, 6) is -0.845. The Kier molecular flexibility index (Phi) is 12.4. The summed E-state index contributed by atoms with van der Waals surface area (Å²) in [6, 6.07) is 0. The smallest absolute Gasteiger partial charge is 0.303 e. The second-order valence-corrected chi connectivity index (χ2v) is 6.92. The first kappa shape index (κ1) is 24.3. The van der Waals surface area contributed by atoms with Crippen LogP contribution in [0.5, 0.6) is 0 Å². The molecule has 4 N–H and O–H groups in total. The maximum atomic E-state index is 10.5. The molecule has 1 aliphatic rings. The number of aliphatic hydroxyl groups is 3. The molecule has 0 radical (unpaired) electrons. The Morgan fingerprint density at radius 2 is 1.86 bits per heavy atom. The molecule has 0 aromatic carbocycles. The number of carbonyl (C=O) groups is 1. The highest BCUT2D eigenvalue weighted by Crippen LogP contribution is 2.26. The highest BCUT2D eigenvalue weighted by atomic mass is 16.5. The molecule has 5 unspecified atom stereocenters. The summed E-state index contributed by atoms with van der Waals surface area (Å²) in [6.07, 6.45) is 15.1. The highest BCUT2D eigenvalue weighted by Gasteiger charge is 2.36. The van der Waals surface area contributed by atoms with E-state index < -0.39 is 36.5 Å². The topological polar surface area (TPSA) is 107 Å². The van der Waals surface area contributed by atoms with Crippen LogP contribution < -0.4 is 0 Å². The Bertz CT molecular complexity index is 551. The third-order valence-corrected chi connectivity index (χ3v) is 4.44. The number of allylic oxidation sites excluding steroid dienone is 4. The molecule has 0 spiro atoms. The summed E-state index contributed by atoms with van der Waals surface area (Å²) in [4.78, 5) is 10.5. The summed E-state index contributed by atoms with van der Waals surface area (Å²) in [6.45, 7) is 2.08. The minimum absolute atomic E-state index is 0.0731. The molecule has 0 aromatic heterocycles. The molecular weight excluding hydrogens is 360 g/mol. The van der Waals surface area contributed by atoms with Crippen molar-refractivity contribution in [3.63, 3.8) is 0 Å². The molecule has 1 saturated heterocycles. The number of hydrogen-bond donors (Lipinski definition) is 4. The molecule has 6 nitrogen and oxygen atoms in total. The molecule has 0 bridgehead atoms. The van der Waals surface area contributed by atoms with Crippen LogP contribution in [-0.2, 0) is 9.53 Å². The molecule has 0 aliphatic carbocycles. The predicted molar refractivity (Wildman–Crippen MR) is 109 cm³/mol. The molecule has 0 saturated carbocycles. The summed E-state index contributed by atoms with van der Waals surface area (Å²) >= 11 is 0. The van der Waals surface area contributed by atoms with Gasteiger partial charge in [-0.25, -0.2) is 0 Å². The van der Waals surface area contributed by atoms with Gasteiger partial charge in [0.25, 0.3) is 0 Å². The van der Waals surface area contributed by atoms with Gasteiger partial charge >= 0.3 is 5.97 Å². The third-order valence-electron chi connectivity index (χ3n) is 4.44. The van der Waals surface area contributed by atoms with Gasteiger partial charge in [0.1, 0.15) is 0 Å². The van der Waals surface area contributed by atoms with E-state index >= 15 is 0 Å². The fourth-order valence-electron chi connectivity index (χ4n) is 2.87. The van der Waals surface area contributed by atoms with E-state index in [4.69, 9.17) is 9.84 Å².